The lowest BCUT2D eigenvalue weighted by Crippen LogP contribution is -2.04. The van der Waals surface area contributed by atoms with E-state index < -0.39 is 0 Å². The number of hydrogen-bond donors (Lipinski definition) is 3. The summed E-state index contributed by atoms with van der Waals surface area (Å²) in [4.78, 5) is 17.1. The number of anilines is 6. The number of benzene rings is 3. The van der Waals surface area contributed by atoms with Gasteiger partial charge in [0.15, 0.2) is 0 Å². The molecule has 0 radical (unpaired) electrons. The van der Waals surface area contributed by atoms with Crippen molar-refractivity contribution in [2.75, 3.05) is 16.0 Å². The fourth-order valence-electron chi connectivity index (χ4n) is 3.38. The van der Waals surface area contributed by atoms with Gasteiger partial charge in [0.2, 0.25) is 17.2 Å². The molecule has 2 heterocycles. The summed E-state index contributed by atoms with van der Waals surface area (Å²) >= 11 is 12.2. The van der Waals surface area contributed by atoms with E-state index in [4.69, 9.17) is 23.2 Å². The summed E-state index contributed by atoms with van der Waals surface area (Å²) in [6, 6.07) is 23.3. The molecule has 5 aromatic rings. The van der Waals surface area contributed by atoms with Crippen molar-refractivity contribution in [2.24, 2.45) is 0 Å². The summed E-state index contributed by atoms with van der Waals surface area (Å²) in [6.07, 6.45) is 1.75. The van der Waals surface area contributed by atoms with Gasteiger partial charge in [0.1, 0.15) is 0 Å². The molecule has 0 saturated carbocycles. The summed E-state index contributed by atoms with van der Waals surface area (Å²) in [7, 11) is 0. The number of hydrogen-bond acceptors (Lipinski definition) is 7. The van der Waals surface area contributed by atoms with Gasteiger partial charge in [-0.15, -0.1) is 0 Å². The lowest BCUT2D eigenvalue weighted by molar-refractivity contribution is 1.06. The lowest BCUT2D eigenvalue weighted by atomic mass is 10.2. The summed E-state index contributed by atoms with van der Waals surface area (Å²) < 4.78 is 0. The standard InChI is InChI=1S/C25H19Cl2N7/c1-15-2-5-18(6-3-15)30-24-32-23(27)33-25(34-24)31-19-9-7-17(8-10-19)29-21-12-13-28-22-14-16(26)4-11-20(21)22/h2-14H,1H3,(H,28,29)(H2,30,31,32,33,34). The molecule has 2 aromatic heterocycles. The molecule has 5 rings (SSSR count). The SMILES string of the molecule is Cc1ccc(Nc2nc(Cl)nc(Nc3ccc(Nc4ccnc5cc(Cl)ccc45)cc3)n2)cc1. The van der Waals surface area contributed by atoms with E-state index in [2.05, 4.69) is 35.9 Å². The van der Waals surface area contributed by atoms with Crippen molar-refractivity contribution in [1.82, 2.24) is 19.9 Å². The van der Waals surface area contributed by atoms with E-state index in [1.165, 1.54) is 5.56 Å². The molecule has 0 spiro atoms. The van der Waals surface area contributed by atoms with Crippen LogP contribution < -0.4 is 16.0 Å². The third kappa shape index (κ3) is 5.17. The molecule has 9 heteroatoms. The number of nitrogens with one attached hydrogen (secondary N) is 3. The van der Waals surface area contributed by atoms with E-state index in [1.807, 2.05) is 79.7 Å². The molecule has 0 saturated heterocycles. The minimum absolute atomic E-state index is 0.0927. The Kier molecular flexibility index (Phi) is 6.12. The average molecular weight is 488 g/mol. The largest absolute Gasteiger partial charge is 0.355 e. The van der Waals surface area contributed by atoms with Crippen LogP contribution in [0.2, 0.25) is 10.3 Å². The molecule has 3 N–H and O–H groups in total. The highest BCUT2D eigenvalue weighted by Crippen LogP contribution is 2.28. The zero-order valence-corrected chi connectivity index (χ0v) is 19.6. The van der Waals surface area contributed by atoms with Crippen LogP contribution in [0.1, 0.15) is 5.56 Å². The molecule has 0 fully saturated rings. The Morgan fingerprint density at radius 3 is 1.88 bits per heavy atom. The predicted molar refractivity (Wildman–Crippen MR) is 139 cm³/mol. The maximum Gasteiger partial charge on any atom is 0.233 e. The third-order valence-corrected chi connectivity index (χ3v) is 5.44. The van der Waals surface area contributed by atoms with Crippen molar-refractivity contribution in [3.8, 4) is 0 Å². The average Bonchev–Trinajstić information content (AvgIpc) is 2.81. The van der Waals surface area contributed by atoms with Gasteiger partial charge < -0.3 is 16.0 Å². The molecular formula is C25H19Cl2N7. The number of aryl methyl sites for hydroxylation is 1. The van der Waals surface area contributed by atoms with E-state index in [1.54, 1.807) is 6.20 Å². The van der Waals surface area contributed by atoms with Crippen LogP contribution in [0.15, 0.2) is 79.0 Å². The summed E-state index contributed by atoms with van der Waals surface area (Å²) in [5, 5.41) is 11.5. The van der Waals surface area contributed by atoms with Gasteiger partial charge in [-0.2, -0.15) is 15.0 Å². The Labute approximate surface area is 206 Å². The van der Waals surface area contributed by atoms with Crippen molar-refractivity contribution >= 4 is 68.8 Å². The number of fused-ring (bicyclic) bond motifs is 1. The lowest BCUT2D eigenvalue weighted by Gasteiger charge is -2.11. The van der Waals surface area contributed by atoms with Gasteiger partial charge in [0.25, 0.3) is 0 Å². The van der Waals surface area contributed by atoms with E-state index >= 15 is 0 Å². The van der Waals surface area contributed by atoms with Gasteiger partial charge in [-0.05, 0) is 79.2 Å². The minimum Gasteiger partial charge on any atom is -0.355 e. The topological polar surface area (TPSA) is 87.7 Å². The van der Waals surface area contributed by atoms with E-state index in [0.717, 1.165) is 33.7 Å². The zero-order valence-electron chi connectivity index (χ0n) is 18.1. The van der Waals surface area contributed by atoms with E-state index in [-0.39, 0.29) is 5.28 Å². The Morgan fingerprint density at radius 1 is 0.647 bits per heavy atom. The first-order valence-corrected chi connectivity index (χ1v) is 11.2. The van der Waals surface area contributed by atoms with Crippen molar-refractivity contribution in [3.63, 3.8) is 0 Å². The third-order valence-electron chi connectivity index (χ3n) is 5.04. The van der Waals surface area contributed by atoms with E-state index in [9.17, 15) is 0 Å². The van der Waals surface area contributed by atoms with Crippen LogP contribution in [0, 0.1) is 6.92 Å². The number of aromatic nitrogens is 4. The molecule has 7 nitrogen and oxygen atoms in total. The Morgan fingerprint density at radius 2 is 1.24 bits per heavy atom. The molecule has 0 unspecified atom stereocenters. The number of nitrogens with zero attached hydrogens (tertiary/aromatic N) is 4. The highest BCUT2D eigenvalue weighted by molar-refractivity contribution is 6.31. The van der Waals surface area contributed by atoms with Gasteiger partial charge in [0.05, 0.1) is 5.52 Å². The highest BCUT2D eigenvalue weighted by Gasteiger charge is 2.07. The fourth-order valence-corrected chi connectivity index (χ4v) is 3.71. The van der Waals surface area contributed by atoms with Crippen LogP contribution in [-0.4, -0.2) is 19.9 Å². The van der Waals surface area contributed by atoms with Crippen molar-refractivity contribution in [3.05, 3.63) is 94.9 Å². The van der Waals surface area contributed by atoms with Gasteiger partial charge in [-0.1, -0.05) is 29.3 Å². The van der Waals surface area contributed by atoms with Crippen LogP contribution in [-0.2, 0) is 0 Å². The quantitative estimate of drug-likeness (QED) is 0.232. The van der Waals surface area contributed by atoms with Crippen LogP contribution >= 0.6 is 23.2 Å². The first kappa shape index (κ1) is 21.9. The van der Waals surface area contributed by atoms with Crippen LogP contribution in [0.25, 0.3) is 10.9 Å². The fraction of sp³-hybridized carbons (Fsp3) is 0.0400. The normalized spacial score (nSPS) is 10.8. The van der Waals surface area contributed by atoms with Gasteiger partial charge in [-0.3, -0.25) is 4.98 Å². The smallest absolute Gasteiger partial charge is 0.233 e. The first-order valence-electron chi connectivity index (χ1n) is 10.5. The summed E-state index contributed by atoms with van der Waals surface area (Å²) in [6.45, 7) is 2.03. The molecular weight excluding hydrogens is 469 g/mol. The maximum atomic E-state index is 6.12. The minimum atomic E-state index is 0.0927. The number of halogens is 2. The zero-order chi connectivity index (χ0) is 23.5. The predicted octanol–water partition coefficient (Wildman–Crippen LogP) is 7.27. The second-order valence-electron chi connectivity index (χ2n) is 7.59. The van der Waals surface area contributed by atoms with Gasteiger partial charge in [0, 0.05) is 39.4 Å². The molecule has 34 heavy (non-hydrogen) atoms. The van der Waals surface area contributed by atoms with Crippen molar-refractivity contribution < 1.29 is 0 Å². The molecule has 0 aliphatic carbocycles. The Balaban J connectivity index is 1.31. The summed E-state index contributed by atoms with van der Waals surface area (Å²) in [5.41, 5.74) is 5.53. The molecule has 0 aliphatic rings. The molecule has 0 amide bonds. The van der Waals surface area contributed by atoms with Crippen LogP contribution in [0.5, 0.6) is 0 Å². The van der Waals surface area contributed by atoms with Gasteiger partial charge >= 0.3 is 0 Å². The first-order chi connectivity index (χ1) is 16.5. The highest BCUT2D eigenvalue weighted by atomic mass is 35.5. The molecule has 3 aromatic carbocycles. The van der Waals surface area contributed by atoms with Crippen LogP contribution in [0.3, 0.4) is 0 Å². The van der Waals surface area contributed by atoms with Crippen LogP contribution in [0.4, 0.5) is 34.6 Å². The van der Waals surface area contributed by atoms with Crippen molar-refractivity contribution in [2.45, 2.75) is 6.92 Å². The number of pyridine rings is 1. The molecule has 168 valence electrons. The molecule has 0 bridgehead atoms. The maximum absolute atomic E-state index is 6.12. The second-order valence-corrected chi connectivity index (χ2v) is 8.36. The summed E-state index contributed by atoms with van der Waals surface area (Å²) in [5.74, 6) is 0.696. The second kappa shape index (κ2) is 9.51. The number of rotatable bonds is 6. The monoisotopic (exact) mass is 487 g/mol. The Hall–Kier alpha value is -3.94. The van der Waals surface area contributed by atoms with E-state index in [0.29, 0.717) is 16.9 Å². The Bertz CT molecular complexity index is 1460. The molecule has 0 atom stereocenters. The van der Waals surface area contributed by atoms with Gasteiger partial charge in [-0.25, -0.2) is 0 Å². The van der Waals surface area contributed by atoms with Crippen molar-refractivity contribution in [1.29, 1.82) is 0 Å². The molecule has 0 aliphatic heterocycles.